The van der Waals surface area contributed by atoms with Crippen molar-refractivity contribution >= 4 is 37.3 Å². The van der Waals surface area contributed by atoms with Gasteiger partial charge in [-0.1, -0.05) is 12.1 Å². The van der Waals surface area contributed by atoms with Crippen molar-refractivity contribution in [3.8, 4) is 0 Å². The number of thiophene rings is 1. The van der Waals surface area contributed by atoms with Crippen LogP contribution in [0, 0.1) is 5.82 Å². The Morgan fingerprint density at radius 1 is 1.33 bits per heavy atom. The van der Waals surface area contributed by atoms with Gasteiger partial charge in [0.05, 0.1) is 0 Å². The van der Waals surface area contributed by atoms with Crippen LogP contribution in [0.4, 0.5) is 4.39 Å². The highest BCUT2D eigenvalue weighted by molar-refractivity contribution is 9.10. The highest BCUT2D eigenvalue weighted by atomic mass is 79.9. The third-order valence-corrected chi connectivity index (χ3v) is 5.32. The molecular formula is C11H9BrFNO2S2. The van der Waals surface area contributed by atoms with E-state index >= 15 is 0 Å². The van der Waals surface area contributed by atoms with E-state index in [1.54, 1.807) is 0 Å². The number of halogens is 2. The molecule has 7 heteroatoms. The maximum Gasteiger partial charge on any atom is 0.243 e. The maximum atomic E-state index is 13.4. The van der Waals surface area contributed by atoms with E-state index in [2.05, 4.69) is 20.7 Å². The topological polar surface area (TPSA) is 46.2 Å². The molecule has 1 heterocycles. The lowest BCUT2D eigenvalue weighted by Gasteiger charge is -2.06. The van der Waals surface area contributed by atoms with Crippen LogP contribution < -0.4 is 4.72 Å². The van der Waals surface area contributed by atoms with Crippen LogP contribution in [0.25, 0.3) is 0 Å². The number of hydrogen-bond acceptors (Lipinski definition) is 3. The van der Waals surface area contributed by atoms with Crippen LogP contribution in [0.15, 0.2) is 45.1 Å². The van der Waals surface area contributed by atoms with Crippen LogP contribution in [0.2, 0.25) is 0 Å². The fourth-order valence-corrected chi connectivity index (χ4v) is 3.92. The molecule has 0 bridgehead atoms. The Balaban J connectivity index is 2.16. The molecule has 3 nitrogen and oxygen atoms in total. The molecule has 1 aromatic carbocycles. The van der Waals surface area contributed by atoms with Gasteiger partial charge in [0, 0.05) is 21.3 Å². The highest BCUT2D eigenvalue weighted by Crippen LogP contribution is 2.20. The largest absolute Gasteiger partial charge is 0.243 e. The third kappa shape index (κ3) is 3.17. The molecule has 2 rings (SSSR count). The summed E-state index contributed by atoms with van der Waals surface area (Å²) in [7, 11) is -3.81. The normalized spacial score (nSPS) is 11.7. The molecule has 0 fully saturated rings. The number of benzene rings is 1. The molecule has 0 aliphatic heterocycles. The summed E-state index contributed by atoms with van der Waals surface area (Å²) < 4.78 is 40.4. The first-order valence-electron chi connectivity index (χ1n) is 4.96. The number of rotatable bonds is 4. The number of hydrogen-bond donors (Lipinski definition) is 1. The summed E-state index contributed by atoms with van der Waals surface area (Å²) in [4.78, 5) is 0.516. The lowest BCUT2D eigenvalue weighted by atomic mass is 10.4. The molecule has 0 radical (unpaired) electrons. The second-order valence-corrected chi connectivity index (χ2v) is 7.13. The van der Waals surface area contributed by atoms with Gasteiger partial charge in [0.25, 0.3) is 0 Å². The second-order valence-electron chi connectivity index (χ2n) is 3.49. The molecule has 18 heavy (non-hydrogen) atoms. The van der Waals surface area contributed by atoms with E-state index in [0.29, 0.717) is 0 Å². The molecule has 96 valence electrons. The zero-order valence-electron chi connectivity index (χ0n) is 9.06. The van der Waals surface area contributed by atoms with E-state index in [1.165, 1.54) is 29.5 Å². The Morgan fingerprint density at radius 2 is 2.06 bits per heavy atom. The first kappa shape index (κ1) is 13.7. The van der Waals surface area contributed by atoms with Gasteiger partial charge in [0.1, 0.15) is 10.7 Å². The second kappa shape index (κ2) is 5.48. The highest BCUT2D eigenvalue weighted by Gasteiger charge is 2.18. The molecular weight excluding hydrogens is 341 g/mol. The van der Waals surface area contributed by atoms with Gasteiger partial charge in [-0.2, -0.15) is 0 Å². The SMILES string of the molecule is O=S(=O)(NCc1cc(Br)cs1)c1ccccc1F. The van der Waals surface area contributed by atoms with Gasteiger partial charge in [-0.3, -0.25) is 0 Å². The number of sulfonamides is 1. The third-order valence-electron chi connectivity index (χ3n) is 2.18. The van der Waals surface area contributed by atoms with Crippen LogP contribution in [-0.4, -0.2) is 8.42 Å². The predicted octanol–water partition coefficient (Wildman–Crippen LogP) is 3.13. The molecule has 1 N–H and O–H groups in total. The van der Waals surface area contributed by atoms with Gasteiger partial charge in [-0.15, -0.1) is 11.3 Å². The van der Waals surface area contributed by atoms with E-state index in [1.807, 2.05) is 11.4 Å². The smallest absolute Gasteiger partial charge is 0.207 e. The first-order valence-corrected chi connectivity index (χ1v) is 8.12. The molecule has 0 saturated heterocycles. The van der Waals surface area contributed by atoms with Gasteiger partial charge < -0.3 is 0 Å². The Hall–Kier alpha value is -0.760. The average molecular weight is 350 g/mol. The van der Waals surface area contributed by atoms with E-state index in [-0.39, 0.29) is 11.4 Å². The molecule has 1 aromatic heterocycles. The Morgan fingerprint density at radius 3 is 2.67 bits per heavy atom. The molecule has 0 atom stereocenters. The zero-order chi connectivity index (χ0) is 13.2. The number of nitrogens with one attached hydrogen (secondary N) is 1. The molecule has 0 aliphatic carbocycles. The van der Waals surface area contributed by atoms with E-state index in [0.717, 1.165) is 15.4 Å². The van der Waals surface area contributed by atoms with E-state index in [4.69, 9.17) is 0 Å². The summed E-state index contributed by atoms with van der Waals surface area (Å²) in [6.45, 7) is 0.146. The lowest BCUT2D eigenvalue weighted by Crippen LogP contribution is -2.23. The maximum absolute atomic E-state index is 13.4. The van der Waals surface area contributed by atoms with Crippen molar-refractivity contribution in [3.05, 3.63) is 50.9 Å². The standard InChI is InChI=1S/C11H9BrFNO2S2/c12-8-5-9(17-7-8)6-14-18(15,16)11-4-2-1-3-10(11)13/h1-5,7,14H,6H2. The zero-order valence-corrected chi connectivity index (χ0v) is 12.3. The molecule has 0 saturated carbocycles. The molecule has 0 amide bonds. The van der Waals surface area contributed by atoms with E-state index in [9.17, 15) is 12.8 Å². The van der Waals surface area contributed by atoms with Crippen molar-refractivity contribution in [1.29, 1.82) is 0 Å². The quantitative estimate of drug-likeness (QED) is 0.921. The van der Waals surface area contributed by atoms with Crippen LogP contribution in [0.3, 0.4) is 0 Å². The first-order chi connectivity index (χ1) is 8.49. The van der Waals surface area contributed by atoms with Gasteiger partial charge in [0.15, 0.2) is 0 Å². The minimum Gasteiger partial charge on any atom is -0.207 e. The lowest BCUT2D eigenvalue weighted by molar-refractivity contribution is 0.557. The summed E-state index contributed by atoms with van der Waals surface area (Å²) in [6, 6.07) is 7.11. The van der Waals surface area contributed by atoms with Crippen molar-refractivity contribution in [1.82, 2.24) is 4.72 Å². The minimum atomic E-state index is -3.81. The summed E-state index contributed by atoms with van der Waals surface area (Å²) in [5.41, 5.74) is 0. The van der Waals surface area contributed by atoms with Crippen molar-refractivity contribution in [2.75, 3.05) is 0 Å². The molecule has 2 aromatic rings. The summed E-state index contributed by atoms with van der Waals surface area (Å²) in [5.74, 6) is -0.752. The van der Waals surface area contributed by atoms with Gasteiger partial charge >= 0.3 is 0 Å². The van der Waals surface area contributed by atoms with Crippen LogP contribution in [0.5, 0.6) is 0 Å². The van der Waals surface area contributed by atoms with Crippen molar-refractivity contribution in [3.63, 3.8) is 0 Å². The van der Waals surface area contributed by atoms with Crippen molar-refractivity contribution in [2.24, 2.45) is 0 Å². The fraction of sp³-hybridized carbons (Fsp3) is 0.0909. The average Bonchev–Trinajstić information content (AvgIpc) is 2.73. The summed E-state index contributed by atoms with van der Waals surface area (Å²) in [5, 5.41) is 1.85. The van der Waals surface area contributed by atoms with Gasteiger partial charge in [-0.05, 0) is 34.1 Å². The Kier molecular flexibility index (Phi) is 4.16. The Bertz CT molecular complexity index is 655. The summed E-state index contributed by atoms with van der Waals surface area (Å²) >= 11 is 4.70. The van der Waals surface area contributed by atoms with Crippen LogP contribution >= 0.6 is 27.3 Å². The molecule has 0 spiro atoms. The monoisotopic (exact) mass is 349 g/mol. The van der Waals surface area contributed by atoms with Crippen LogP contribution in [-0.2, 0) is 16.6 Å². The fourth-order valence-electron chi connectivity index (χ4n) is 1.35. The molecule has 0 aliphatic rings. The Labute approximate surface area is 117 Å². The van der Waals surface area contributed by atoms with Crippen molar-refractivity contribution in [2.45, 2.75) is 11.4 Å². The predicted molar refractivity (Wildman–Crippen MR) is 72.4 cm³/mol. The van der Waals surface area contributed by atoms with Crippen molar-refractivity contribution < 1.29 is 12.8 Å². The molecule has 0 unspecified atom stereocenters. The van der Waals surface area contributed by atoms with Gasteiger partial charge in [-0.25, -0.2) is 17.5 Å². The van der Waals surface area contributed by atoms with E-state index < -0.39 is 15.8 Å². The summed E-state index contributed by atoms with van der Waals surface area (Å²) in [6.07, 6.45) is 0. The van der Waals surface area contributed by atoms with Gasteiger partial charge in [0.2, 0.25) is 10.0 Å². The van der Waals surface area contributed by atoms with Crippen LogP contribution in [0.1, 0.15) is 4.88 Å². The minimum absolute atomic E-state index is 0.146.